The molecule has 1 aromatic rings. The number of carbonyl (C=O) groups excluding carboxylic acids is 1. The Hall–Kier alpha value is -1.66. The number of nitrogens with zero attached hydrogens (tertiary/aromatic N) is 1. The van der Waals surface area contributed by atoms with E-state index in [2.05, 4.69) is 0 Å². The number of ether oxygens (including phenoxy) is 1. The van der Waals surface area contributed by atoms with E-state index in [4.69, 9.17) is 33.7 Å². The molecule has 1 rings (SSSR count). The van der Waals surface area contributed by atoms with Gasteiger partial charge in [0.15, 0.2) is 0 Å². The van der Waals surface area contributed by atoms with Gasteiger partial charge in [-0.25, -0.2) is 9.59 Å². The van der Waals surface area contributed by atoms with Crippen molar-refractivity contribution in [2.24, 2.45) is 11.7 Å². The van der Waals surface area contributed by atoms with E-state index in [1.165, 1.54) is 18.2 Å². The van der Waals surface area contributed by atoms with Gasteiger partial charge in [-0.2, -0.15) is 0 Å². The summed E-state index contributed by atoms with van der Waals surface area (Å²) in [4.78, 5) is 23.3. The van der Waals surface area contributed by atoms with E-state index in [-0.39, 0.29) is 23.2 Å². The molecule has 0 saturated carbocycles. The molecule has 0 saturated heterocycles. The predicted molar refractivity (Wildman–Crippen MR) is 81.1 cm³/mol. The summed E-state index contributed by atoms with van der Waals surface area (Å²) in [5.74, 6) is -0.120. The lowest BCUT2D eigenvalue weighted by Gasteiger charge is -2.27. The predicted octanol–water partition coefficient (Wildman–Crippen LogP) is 3.60. The normalized spacial score (nSPS) is 12.0. The van der Waals surface area contributed by atoms with Crippen molar-refractivity contribution in [3.8, 4) is 0 Å². The van der Waals surface area contributed by atoms with Crippen LogP contribution in [0.1, 0.15) is 13.8 Å². The fraction of sp³-hybridized carbons (Fsp3) is 0.385. The van der Waals surface area contributed by atoms with E-state index in [1.807, 2.05) is 0 Å². The highest BCUT2D eigenvalue weighted by atomic mass is 35.5. The molecule has 1 atom stereocenters. The average Bonchev–Trinajstić information content (AvgIpc) is 2.34. The topological polar surface area (TPSA) is 92.9 Å². The Bertz CT molecular complexity index is 537. The number of hydrogen-bond acceptors (Lipinski definition) is 3. The highest BCUT2D eigenvalue weighted by molar-refractivity contribution is 6.36. The third kappa shape index (κ3) is 4.99. The van der Waals surface area contributed by atoms with Crippen LogP contribution in [-0.4, -0.2) is 29.9 Å². The zero-order chi connectivity index (χ0) is 16.2. The van der Waals surface area contributed by atoms with Crippen molar-refractivity contribution in [3.05, 3.63) is 28.2 Å². The summed E-state index contributed by atoms with van der Waals surface area (Å²) >= 11 is 11.8. The maximum atomic E-state index is 11.4. The molecule has 0 bridgehead atoms. The van der Waals surface area contributed by atoms with Crippen molar-refractivity contribution >= 4 is 41.1 Å². The SMILES string of the molecule is CC(C)C(CN(C(=O)O)c1ccc(Cl)cc1Cl)OC(N)=O. The summed E-state index contributed by atoms with van der Waals surface area (Å²) in [6.07, 6.45) is -2.87. The fourth-order valence-corrected chi connectivity index (χ4v) is 2.20. The van der Waals surface area contributed by atoms with Crippen LogP contribution in [-0.2, 0) is 4.74 Å². The maximum Gasteiger partial charge on any atom is 0.411 e. The van der Waals surface area contributed by atoms with E-state index in [1.54, 1.807) is 13.8 Å². The van der Waals surface area contributed by atoms with Crippen LogP contribution in [0.5, 0.6) is 0 Å². The van der Waals surface area contributed by atoms with E-state index in [0.29, 0.717) is 5.02 Å². The van der Waals surface area contributed by atoms with E-state index in [0.717, 1.165) is 4.90 Å². The standard InChI is InChI=1S/C13H16Cl2N2O4/c1-7(2)11(21-12(16)18)6-17(13(19)20)10-4-3-8(14)5-9(10)15/h3-5,7,11H,6H2,1-2H3,(H2,16,18)(H,19,20). The molecule has 0 radical (unpaired) electrons. The van der Waals surface area contributed by atoms with E-state index in [9.17, 15) is 14.7 Å². The number of nitrogens with two attached hydrogens (primary N) is 1. The Labute approximate surface area is 132 Å². The van der Waals surface area contributed by atoms with E-state index >= 15 is 0 Å². The molecule has 0 aliphatic rings. The summed E-state index contributed by atoms with van der Waals surface area (Å²) in [5, 5.41) is 9.93. The first kappa shape index (κ1) is 17.4. The molecular weight excluding hydrogens is 319 g/mol. The fourth-order valence-electron chi connectivity index (χ4n) is 1.69. The summed E-state index contributed by atoms with van der Waals surface area (Å²) in [7, 11) is 0. The number of anilines is 1. The molecule has 0 aliphatic carbocycles. The highest BCUT2D eigenvalue weighted by Gasteiger charge is 2.26. The molecular formula is C13H16Cl2N2O4. The summed E-state index contributed by atoms with van der Waals surface area (Å²) < 4.78 is 4.94. The van der Waals surface area contributed by atoms with Crippen LogP contribution in [0, 0.1) is 5.92 Å². The molecule has 116 valence electrons. The third-order valence-corrected chi connectivity index (χ3v) is 3.34. The number of rotatable bonds is 5. The summed E-state index contributed by atoms with van der Waals surface area (Å²) in [5.41, 5.74) is 5.26. The van der Waals surface area contributed by atoms with Gasteiger partial charge in [0.25, 0.3) is 0 Å². The lowest BCUT2D eigenvalue weighted by Crippen LogP contribution is -2.42. The van der Waals surface area contributed by atoms with Crippen molar-refractivity contribution in [1.82, 2.24) is 0 Å². The van der Waals surface area contributed by atoms with Gasteiger partial charge in [0.2, 0.25) is 0 Å². The third-order valence-electron chi connectivity index (χ3n) is 2.81. The molecule has 0 aromatic heterocycles. The second-order valence-electron chi connectivity index (χ2n) is 4.71. The van der Waals surface area contributed by atoms with Crippen LogP contribution < -0.4 is 10.6 Å². The van der Waals surface area contributed by atoms with Crippen molar-refractivity contribution in [1.29, 1.82) is 0 Å². The summed E-state index contributed by atoms with van der Waals surface area (Å²) in [6.45, 7) is 3.49. The van der Waals surface area contributed by atoms with Gasteiger partial charge < -0.3 is 15.6 Å². The number of carbonyl (C=O) groups is 2. The molecule has 0 fully saturated rings. The van der Waals surface area contributed by atoms with Crippen molar-refractivity contribution in [2.75, 3.05) is 11.4 Å². The lowest BCUT2D eigenvalue weighted by atomic mass is 10.1. The van der Waals surface area contributed by atoms with Crippen molar-refractivity contribution in [2.45, 2.75) is 20.0 Å². The minimum absolute atomic E-state index is 0.0860. The molecule has 1 unspecified atom stereocenters. The van der Waals surface area contributed by atoms with Crippen LogP contribution in [0.25, 0.3) is 0 Å². The second-order valence-corrected chi connectivity index (χ2v) is 5.55. The molecule has 1 aromatic carbocycles. The smallest absolute Gasteiger partial charge is 0.411 e. The molecule has 0 aliphatic heterocycles. The van der Waals surface area contributed by atoms with Crippen LogP contribution in [0.2, 0.25) is 10.0 Å². The zero-order valence-corrected chi connectivity index (χ0v) is 13.1. The van der Waals surface area contributed by atoms with Gasteiger partial charge in [-0.05, 0) is 24.1 Å². The number of hydrogen-bond donors (Lipinski definition) is 2. The number of benzene rings is 1. The number of carboxylic acid groups (broad SMARTS) is 1. The number of halogens is 2. The van der Waals surface area contributed by atoms with Crippen LogP contribution in [0.3, 0.4) is 0 Å². The first-order chi connectivity index (χ1) is 9.72. The molecule has 3 N–H and O–H groups in total. The number of primary amides is 1. The maximum absolute atomic E-state index is 11.4. The Morgan fingerprint density at radius 3 is 2.43 bits per heavy atom. The molecule has 6 nitrogen and oxygen atoms in total. The Balaban J connectivity index is 3.06. The minimum atomic E-state index is -1.22. The average molecular weight is 335 g/mol. The quantitative estimate of drug-likeness (QED) is 0.860. The highest BCUT2D eigenvalue weighted by Crippen LogP contribution is 2.29. The van der Waals surface area contributed by atoms with Crippen molar-refractivity contribution in [3.63, 3.8) is 0 Å². The van der Waals surface area contributed by atoms with Gasteiger partial charge in [0.1, 0.15) is 6.10 Å². The monoisotopic (exact) mass is 334 g/mol. The molecule has 0 heterocycles. The molecule has 2 amide bonds. The van der Waals surface area contributed by atoms with Crippen LogP contribution in [0.15, 0.2) is 18.2 Å². The van der Waals surface area contributed by atoms with Gasteiger partial charge in [0, 0.05) is 5.02 Å². The zero-order valence-electron chi connectivity index (χ0n) is 11.5. The lowest BCUT2D eigenvalue weighted by molar-refractivity contribution is 0.0817. The Kier molecular flexibility index (Phi) is 6.11. The van der Waals surface area contributed by atoms with Crippen LogP contribution >= 0.6 is 23.2 Å². The second kappa shape index (κ2) is 7.38. The van der Waals surface area contributed by atoms with E-state index < -0.39 is 18.3 Å². The largest absolute Gasteiger partial charge is 0.465 e. The first-order valence-corrected chi connectivity index (χ1v) is 6.89. The number of amides is 2. The minimum Gasteiger partial charge on any atom is -0.465 e. The van der Waals surface area contributed by atoms with Gasteiger partial charge in [0.05, 0.1) is 17.3 Å². The van der Waals surface area contributed by atoms with Gasteiger partial charge in [-0.3, -0.25) is 4.90 Å². The van der Waals surface area contributed by atoms with Gasteiger partial charge in [-0.15, -0.1) is 0 Å². The van der Waals surface area contributed by atoms with Crippen molar-refractivity contribution < 1.29 is 19.4 Å². The molecule has 8 heteroatoms. The molecule has 21 heavy (non-hydrogen) atoms. The Morgan fingerprint density at radius 2 is 2.00 bits per heavy atom. The van der Waals surface area contributed by atoms with Crippen LogP contribution in [0.4, 0.5) is 15.3 Å². The van der Waals surface area contributed by atoms with Gasteiger partial charge >= 0.3 is 12.2 Å². The first-order valence-electron chi connectivity index (χ1n) is 6.14. The van der Waals surface area contributed by atoms with Gasteiger partial charge in [-0.1, -0.05) is 37.0 Å². The molecule has 0 spiro atoms. The Morgan fingerprint density at radius 1 is 1.38 bits per heavy atom. The summed E-state index contributed by atoms with van der Waals surface area (Å²) in [6, 6.07) is 4.45.